The first kappa shape index (κ1) is 13.9. The summed E-state index contributed by atoms with van der Waals surface area (Å²) in [5.74, 6) is 0.337. The van der Waals surface area contributed by atoms with Gasteiger partial charge in [0.25, 0.3) is 0 Å². The van der Waals surface area contributed by atoms with Crippen LogP contribution >= 0.6 is 0 Å². The molecule has 0 bridgehead atoms. The molecule has 1 fully saturated rings. The average molecular weight is 262 g/mol. The number of carbonyl (C=O) groups excluding carboxylic acids is 1. The lowest BCUT2D eigenvalue weighted by Crippen LogP contribution is -2.45. The second kappa shape index (κ2) is 5.61. The van der Waals surface area contributed by atoms with Gasteiger partial charge < -0.3 is 15.7 Å². The van der Waals surface area contributed by atoms with Gasteiger partial charge in [0, 0.05) is 13.1 Å². The fourth-order valence-corrected chi connectivity index (χ4v) is 2.45. The first-order valence-electron chi connectivity index (χ1n) is 6.78. The van der Waals surface area contributed by atoms with Gasteiger partial charge in [-0.1, -0.05) is 19.1 Å². The first-order chi connectivity index (χ1) is 9.02. The Balaban J connectivity index is 1.92. The zero-order valence-corrected chi connectivity index (χ0v) is 11.4. The van der Waals surface area contributed by atoms with Crippen molar-refractivity contribution in [3.8, 4) is 5.75 Å². The van der Waals surface area contributed by atoms with Crippen molar-refractivity contribution in [2.24, 2.45) is 11.1 Å². The predicted molar refractivity (Wildman–Crippen MR) is 74.8 cm³/mol. The zero-order chi connectivity index (χ0) is 13.9. The van der Waals surface area contributed by atoms with Gasteiger partial charge in [-0.3, -0.25) is 4.79 Å². The summed E-state index contributed by atoms with van der Waals surface area (Å²) in [6.07, 6.45) is 2.29. The molecule has 1 aliphatic rings. The highest BCUT2D eigenvalue weighted by atomic mass is 16.3. The first-order valence-corrected chi connectivity index (χ1v) is 6.78. The molecule has 0 aliphatic carbocycles. The number of benzene rings is 1. The molecule has 3 N–H and O–H groups in total. The molecule has 1 heterocycles. The van der Waals surface area contributed by atoms with E-state index in [1.165, 1.54) is 0 Å². The predicted octanol–water partition coefficient (Wildman–Crippen LogP) is 1.52. The molecule has 19 heavy (non-hydrogen) atoms. The molecule has 1 amide bonds. The summed E-state index contributed by atoms with van der Waals surface area (Å²) < 4.78 is 0. The summed E-state index contributed by atoms with van der Waals surface area (Å²) in [5, 5.41) is 9.40. The average Bonchev–Trinajstić information content (AvgIpc) is 2.39. The lowest BCUT2D eigenvalue weighted by molar-refractivity contribution is -0.132. The van der Waals surface area contributed by atoms with Gasteiger partial charge in [-0.05, 0) is 42.5 Å². The Morgan fingerprint density at radius 2 is 2.11 bits per heavy atom. The van der Waals surface area contributed by atoms with Gasteiger partial charge in [0.1, 0.15) is 5.75 Å². The molecule has 0 radical (unpaired) electrons. The van der Waals surface area contributed by atoms with Crippen molar-refractivity contribution >= 4 is 5.91 Å². The summed E-state index contributed by atoms with van der Waals surface area (Å²) in [6, 6.07) is 6.89. The quantitative estimate of drug-likeness (QED) is 0.868. The smallest absolute Gasteiger partial charge is 0.226 e. The Bertz CT molecular complexity index is 451. The summed E-state index contributed by atoms with van der Waals surface area (Å²) in [6.45, 7) is 4.43. The molecule has 0 atom stereocenters. The van der Waals surface area contributed by atoms with Crippen LogP contribution in [0.1, 0.15) is 25.3 Å². The lowest BCUT2D eigenvalue weighted by atomic mass is 9.80. The van der Waals surface area contributed by atoms with Crippen molar-refractivity contribution < 1.29 is 9.90 Å². The fraction of sp³-hybridized carbons (Fsp3) is 0.533. The highest BCUT2D eigenvalue weighted by Crippen LogP contribution is 2.29. The number of likely N-dealkylation sites (tertiary alicyclic amines) is 1. The summed E-state index contributed by atoms with van der Waals surface area (Å²) in [7, 11) is 0. The minimum Gasteiger partial charge on any atom is -0.508 e. The van der Waals surface area contributed by atoms with E-state index in [-0.39, 0.29) is 17.1 Å². The number of nitrogens with two attached hydrogens (primary N) is 1. The van der Waals surface area contributed by atoms with Crippen molar-refractivity contribution in [3.05, 3.63) is 29.8 Å². The van der Waals surface area contributed by atoms with Crippen molar-refractivity contribution in [3.63, 3.8) is 0 Å². The van der Waals surface area contributed by atoms with Crippen molar-refractivity contribution in [1.82, 2.24) is 4.90 Å². The number of amides is 1. The van der Waals surface area contributed by atoms with Crippen LogP contribution in [-0.2, 0) is 11.2 Å². The van der Waals surface area contributed by atoms with E-state index in [4.69, 9.17) is 5.73 Å². The molecule has 1 aliphatic heterocycles. The fourth-order valence-electron chi connectivity index (χ4n) is 2.45. The molecule has 1 saturated heterocycles. The summed E-state index contributed by atoms with van der Waals surface area (Å²) in [4.78, 5) is 14.1. The zero-order valence-electron chi connectivity index (χ0n) is 11.4. The molecular weight excluding hydrogens is 240 g/mol. The molecular formula is C15H22N2O2. The van der Waals surface area contributed by atoms with Gasteiger partial charge in [-0.25, -0.2) is 0 Å². The molecule has 0 aromatic heterocycles. The number of piperidine rings is 1. The number of nitrogens with zero attached hydrogens (tertiary/aromatic N) is 1. The van der Waals surface area contributed by atoms with E-state index in [1.807, 2.05) is 11.0 Å². The van der Waals surface area contributed by atoms with Crippen molar-refractivity contribution in [2.75, 3.05) is 19.6 Å². The molecule has 4 heteroatoms. The van der Waals surface area contributed by atoms with E-state index < -0.39 is 0 Å². The summed E-state index contributed by atoms with van der Waals surface area (Å²) >= 11 is 0. The number of carbonyl (C=O) groups is 1. The standard InChI is InChI=1S/C15H22N2O2/c1-15(11-16)5-7-17(8-6-15)14(19)10-12-3-2-4-13(18)9-12/h2-4,9,18H,5-8,10-11,16H2,1H3. The largest absolute Gasteiger partial charge is 0.508 e. The third-order valence-electron chi connectivity index (χ3n) is 4.08. The number of hydrogen-bond donors (Lipinski definition) is 2. The van der Waals surface area contributed by atoms with Crippen LogP contribution in [0.5, 0.6) is 5.75 Å². The maximum Gasteiger partial charge on any atom is 0.226 e. The maximum atomic E-state index is 12.2. The van der Waals surface area contributed by atoms with Crippen LogP contribution in [0.2, 0.25) is 0 Å². The maximum absolute atomic E-state index is 12.2. The monoisotopic (exact) mass is 262 g/mol. The van der Waals surface area contributed by atoms with Gasteiger partial charge in [0.2, 0.25) is 5.91 Å². The third kappa shape index (κ3) is 3.47. The normalized spacial score (nSPS) is 18.3. The Morgan fingerprint density at radius 3 is 2.68 bits per heavy atom. The minimum absolute atomic E-state index is 0.129. The Hall–Kier alpha value is -1.55. The van der Waals surface area contributed by atoms with Crippen LogP contribution in [0.25, 0.3) is 0 Å². The highest BCUT2D eigenvalue weighted by molar-refractivity contribution is 5.79. The number of aromatic hydroxyl groups is 1. The van der Waals surface area contributed by atoms with E-state index in [9.17, 15) is 9.90 Å². The molecule has 0 spiro atoms. The van der Waals surface area contributed by atoms with E-state index in [0.717, 1.165) is 31.5 Å². The van der Waals surface area contributed by atoms with Gasteiger partial charge in [-0.15, -0.1) is 0 Å². The SMILES string of the molecule is CC1(CN)CCN(C(=O)Cc2cccc(O)c2)CC1. The number of phenols is 1. The number of rotatable bonds is 3. The van der Waals surface area contributed by atoms with Crippen molar-refractivity contribution in [1.29, 1.82) is 0 Å². The lowest BCUT2D eigenvalue weighted by Gasteiger charge is -2.38. The molecule has 1 aromatic rings. The number of phenolic OH excluding ortho intramolecular Hbond substituents is 1. The van der Waals surface area contributed by atoms with Crippen LogP contribution in [0.3, 0.4) is 0 Å². The van der Waals surface area contributed by atoms with Gasteiger partial charge in [-0.2, -0.15) is 0 Å². The van der Waals surface area contributed by atoms with E-state index in [2.05, 4.69) is 6.92 Å². The van der Waals surface area contributed by atoms with Crippen LogP contribution in [0.15, 0.2) is 24.3 Å². The second-order valence-corrected chi connectivity index (χ2v) is 5.74. The van der Waals surface area contributed by atoms with Crippen LogP contribution in [-0.4, -0.2) is 35.5 Å². The van der Waals surface area contributed by atoms with Crippen LogP contribution in [0, 0.1) is 5.41 Å². The topological polar surface area (TPSA) is 66.6 Å². The van der Waals surface area contributed by atoms with Gasteiger partial charge in [0.15, 0.2) is 0 Å². The van der Waals surface area contributed by atoms with Crippen molar-refractivity contribution in [2.45, 2.75) is 26.2 Å². The molecule has 1 aromatic carbocycles. The Kier molecular flexibility index (Phi) is 4.10. The van der Waals surface area contributed by atoms with Gasteiger partial charge in [0.05, 0.1) is 6.42 Å². The molecule has 4 nitrogen and oxygen atoms in total. The van der Waals surface area contributed by atoms with E-state index >= 15 is 0 Å². The molecule has 0 unspecified atom stereocenters. The minimum atomic E-state index is 0.129. The van der Waals surface area contributed by atoms with E-state index in [0.29, 0.717) is 13.0 Å². The van der Waals surface area contributed by atoms with Gasteiger partial charge >= 0.3 is 0 Å². The second-order valence-electron chi connectivity index (χ2n) is 5.74. The number of hydrogen-bond acceptors (Lipinski definition) is 3. The highest BCUT2D eigenvalue weighted by Gasteiger charge is 2.30. The van der Waals surface area contributed by atoms with Crippen LogP contribution < -0.4 is 5.73 Å². The van der Waals surface area contributed by atoms with E-state index in [1.54, 1.807) is 18.2 Å². The Labute approximate surface area is 114 Å². The molecule has 2 rings (SSSR count). The molecule has 0 saturated carbocycles. The Morgan fingerprint density at radius 1 is 1.42 bits per heavy atom. The molecule has 104 valence electrons. The van der Waals surface area contributed by atoms with Crippen LogP contribution in [0.4, 0.5) is 0 Å². The third-order valence-corrected chi connectivity index (χ3v) is 4.08. The summed E-state index contributed by atoms with van der Waals surface area (Å²) in [5.41, 5.74) is 6.81.